The molecule has 1 N–H and O–H groups in total. The molecule has 0 spiro atoms. The van der Waals surface area contributed by atoms with E-state index in [1.165, 1.54) is 6.07 Å². The molecule has 0 aromatic heterocycles. The summed E-state index contributed by atoms with van der Waals surface area (Å²) in [5.74, 6) is -0.194. The molecule has 0 aliphatic heterocycles. The minimum Gasteiger partial charge on any atom is -0.382 e. The van der Waals surface area contributed by atoms with Crippen molar-refractivity contribution in [3.05, 3.63) is 35.6 Å². The van der Waals surface area contributed by atoms with Gasteiger partial charge in [-0.1, -0.05) is 18.2 Å². The molecule has 4 heteroatoms. The topological polar surface area (TPSA) is 38.3 Å². The van der Waals surface area contributed by atoms with Crippen LogP contribution in [0, 0.1) is 11.7 Å². The van der Waals surface area contributed by atoms with Crippen LogP contribution in [0.25, 0.3) is 0 Å². The Bertz CT molecular complexity index is 436. The molecular weight excluding hydrogens is 245 g/mol. The first-order valence-corrected chi connectivity index (χ1v) is 6.84. The Kier molecular flexibility index (Phi) is 4.91. The van der Waals surface area contributed by atoms with Crippen LogP contribution >= 0.6 is 0 Å². The maximum atomic E-state index is 13.6. The molecule has 2 rings (SSSR count). The van der Waals surface area contributed by atoms with Gasteiger partial charge in [-0.3, -0.25) is 4.79 Å². The third kappa shape index (κ3) is 3.77. The van der Waals surface area contributed by atoms with Gasteiger partial charge in [-0.05, 0) is 37.3 Å². The second-order valence-electron chi connectivity index (χ2n) is 4.81. The Morgan fingerprint density at radius 1 is 1.47 bits per heavy atom. The number of hydrogen-bond donors (Lipinski definition) is 1. The number of hydrogen-bond acceptors (Lipinski definition) is 2. The quantitative estimate of drug-likeness (QED) is 0.769. The number of benzene rings is 1. The molecule has 1 aliphatic carbocycles. The number of halogens is 1. The third-order valence-electron chi connectivity index (χ3n) is 3.40. The van der Waals surface area contributed by atoms with Crippen molar-refractivity contribution in [3.63, 3.8) is 0 Å². The van der Waals surface area contributed by atoms with Crippen molar-refractivity contribution in [2.45, 2.75) is 25.7 Å². The lowest BCUT2D eigenvalue weighted by Gasteiger charge is -2.05. The fraction of sp³-hybridized carbons (Fsp3) is 0.533. The van der Waals surface area contributed by atoms with E-state index in [1.807, 2.05) is 13.0 Å². The average Bonchev–Trinajstić information content (AvgIpc) is 3.19. The fourth-order valence-corrected chi connectivity index (χ4v) is 2.27. The Morgan fingerprint density at radius 2 is 2.26 bits per heavy atom. The van der Waals surface area contributed by atoms with Crippen molar-refractivity contribution in [2.24, 2.45) is 5.92 Å². The zero-order valence-electron chi connectivity index (χ0n) is 11.2. The molecule has 0 radical (unpaired) electrons. The smallest absolute Gasteiger partial charge is 0.223 e. The van der Waals surface area contributed by atoms with Gasteiger partial charge in [0.15, 0.2) is 0 Å². The summed E-state index contributed by atoms with van der Waals surface area (Å²) >= 11 is 0. The predicted molar refractivity (Wildman–Crippen MR) is 71.4 cm³/mol. The van der Waals surface area contributed by atoms with Gasteiger partial charge in [0.05, 0.1) is 0 Å². The highest BCUT2D eigenvalue weighted by atomic mass is 19.1. The lowest BCUT2D eigenvalue weighted by molar-refractivity contribution is -0.122. The summed E-state index contributed by atoms with van der Waals surface area (Å²) in [6, 6.07) is 6.70. The SMILES string of the molecule is CCOCCCNC(=O)C1CC1c1ccccc1F. The monoisotopic (exact) mass is 265 g/mol. The lowest BCUT2D eigenvalue weighted by atomic mass is 10.1. The number of carbonyl (C=O) groups is 1. The van der Waals surface area contributed by atoms with Crippen LogP contribution in [-0.2, 0) is 9.53 Å². The maximum absolute atomic E-state index is 13.6. The second kappa shape index (κ2) is 6.66. The summed E-state index contributed by atoms with van der Waals surface area (Å²) in [5, 5.41) is 2.88. The van der Waals surface area contributed by atoms with Crippen LogP contribution in [-0.4, -0.2) is 25.7 Å². The van der Waals surface area contributed by atoms with Crippen molar-refractivity contribution in [2.75, 3.05) is 19.8 Å². The minimum atomic E-state index is -0.209. The number of amides is 1. The van der Waals surface area contributed by atoms with Crippen molar-refractivity contribution < 1.29 is 13.9 Å². The molecule has 1 aromatic rings. The van der Waals surface area contributed by atoms with Crippen molar-refractivity contribution in [1.82, 2.24) is 5.32 Å². The molecule has 0 heterocycles. The van der Waals surface area contributed by atoms with E-state index in [0.29, 0.717) is 25.3 Å². The van der Waals surface area contributed by atoms with Crippen LogP contribution < -0.4 is 5.32 Å². The van der Waals surface area contributed by atoms with Gasteiger partial charge >= 0.3 is 0 Å². The third-order valence-corrected chi connectivity index (χ3v) is 3.40. The van der Waals surface area contributed by atoms with Crippen LogP contribution in [0.15, 0.2) is 24.3 Å². The largest absolute Gasteiger partial charge is 0.382 e. The molecule has 1 aliphatic rings. The van der Waals surface area contributed by atoms with Gasteiger partial charge in [0.1, 0.15) is 5.82 Å². The van der Waals surface area contributed by atoms with Crippen LogP contribution in [0.1, 0.15) is 31.2 Å². The molecule has 1 aromatic carbocycles. The van der Waals surface area contributed by atoms with Gasteiger partial charge in [-0.2, -0.15) is 0 Å². The molecule has 104 valence electrons. The fourth-order valence-electron chi connectivity index (χ4n) is 2.27. The molecular formula is C15H20FNO2. The summed E-state index contributed by atoms with van der Waals surface area (Å²) < 4.78 is 18.8. The number of carbonyl (C=O) groups excluding carboxylic acids is 1. The Hall–Kier alpha value is -1.42. The minimum absolute atomic E-state index is 0.0322. The van der Waals surface area contributed by atoms with Crippen LogP contribution in [0.2, 0.25) is 0 Å². The summed E-state index contributed by atoms with van der Waals surface area (Å²) in [7, 11) is 0. The first kappa shape index (κ1) is 14.0. The van der Waals surface area contributed by atoms with Crippen molar-refractivity contribution in [1.29, 1.82) is 0 Å². The predicted octanol–water partition coefficient (Wildman–Crippen LogP) is 2.47. The zero-order chi connectivity index (χ0) is 13.7. The van der Waals surface area contributed by atoms with E-state index in [9.17, 15) is 9.18 Å². The van der Waals surface area contributed by atoms with Gasteiger partial charge in [0.2, 0.25) is 5.91 Å². The van der Waals surface area contributed by atoms with Gasteiger partial charge in [-0.15, -0.1) is 0 Å². The van der Waals surface area contributed by atoms with Crippen LogP contribution in [0.4, 0.5) is 4.39 Å². The Morgan fingerprint density at radius 3 is 3.00 bits per heavy atom. The molecule has 0 bridgehead atoms. The van der Waals surface area contributed by atoms with E-state index in [1.54, 1.807) is 12.1 Å². The molecule has 2 unspecified atom stereocenters. The van der Waals surface area contributed by atoms with Gasteiger partial charge in [-0.25, -0.2) is 4.39 Å². The highest BCUT2D eigenvalue weighted by Gasteiger charge is 2.44. The van der Waals surface area contributed by atoms with Crippen molar-refractivity contribution >= 4 is 5.91 Å². The average molecular weight is 265 g/mol. The zero-order valence-corrected chi connectivity index (χ0v) is 11.2. The highest BCUT2D eigenvalue weighted by molar-refractivity contribution is 5.82. The number of ether oxygens (including phenoxy) is 1. The number of nitrogens with one attached hydrogen (secondary N) is 1. The maximum Gasteiger partial charge on any atom is 0.223 e. The molecule has 1 saturated carbocycles. The van der Waals surface area contributed by atoms with E-state index in [0.717, 1.165) is 12.8 Å². The normalized spacial score (nSPS) is 21.2. The first-order chi connectivity index (χ1) is 9.24. The van der Waals surface area contributed by atoms with E-state index in [2.05, 4.69) is 5.32 Å². The lowest BCUT2D eigenvalue weighted by Crippen LogP contribution is -2.27. The second-order valence-corrected chi connectivity index (χ2v) is 4.81. The number of rotatable bonds is 7. The van der Waals surface area contributed by atoms with Gasteiger partial charge < -0.3 is 10.1 Å². The molecule has 1 amide bonds. The van der Waals surface area contributed by atoms with E-state index < -0.39 is 0 Å². The molecule has 1 fully saturated rings. The summed E-state index contributed by atoms with van der Waals surface area (Å²) in [5.41, 5.74) is 0.664. The van der Waals surface area contributed by atoms with E-state index in [-0.39, 0.29) is 23.6 Å². The van der Waals surface area contributed by atoms with E-state index in [4.69, 9.17) is 4.74 Å². The summed E-state index contributed by atoms with van der Waals surface area (Å²) in [4.78, 5) is 11.9. The highest BCUT2D eigenvalue weighted by Crippen LogP contribution is 2.48. The Balaban J connectivity index is 1.73. The van der Waals surface area contributed by atoms with E-state index >= 15 is 0 Å². The van der Waals surface area contributed by atoms with Crippen molar-refractivity contribution in [3.8, 4) is 0 Å². The van der Waals surface area contributed by atoms with Gasteiger partial charge in [0.25, 0.3) is 0 Å². The van der Waals surface area contributed by atoms with Gasteiger partial charge in [0, 0.05) is 25.7 Å². The van der Waals surface area contributed by atoms with Crippen LogP contribution in [0.3, 0.4) is 0 Å². The summed E-state index contributed by atoms with van der Waals surface area (Å²) in [6.45, 7) is 3.94. The molecule has 2 atom stereocenters. The molecule has 0 saturated heterocycles. The first-order valence-electron chi connectivity index (χ1n) is 6.84. The molecule has 3 nitrogen and oxygen atoms in total. The van der Waals surface area contributed by atoms with Crippen LogP contribution in [0.5, 0.6) is 0 Å². The standard InChI is InChI=1S/C15H20FNO2/c1-2-19-9-5-8-17-15(18)13-10-12(13)11-6-3-4-7-14(11)16/h3-4,6-7,12-13H,2,5,8-10H2,1H3,(H,17,18). The Labute approximate surface area is 113 Å². The summed E-state index contributed by atoms with van der Waals surface area (Å²) in [6.07, 6.45) is 1.56. The molecule has 19 heavy (non-hydrogen) atoms.